The molecule has 18 heavy (non-hydrogen) atoms. The summed E-state index contributed by atoms with van der Waals surface area (Å²) in [5.41, 5.74) is 0.162. The second-order valence-electron chi connectivity index (χ2n) is 3.60. The number of carboxylic acid groups (broad SMARTS) is 1. The van der Waals surface area contributed by atoms with Crippen LogP contribution in [0.3, 0.4) is 0 Å². The largest absolute Gasteiger partial charge is 0.480 e. The molecule has 1 aromatic heterocycles. The number of thioether (sulfide) groups is 1. The Morgan fingerprint density at radius 3 is 2.78 bits per heavy atom. The van der Waals surface area contributed by atoms with E-state index in [0.717, 1.165) is 0 Å². The highest BCUT2D eigenvalue weighted by atomic mass is 35.5. The van der Waals surface area contributed by atoms with Gasteiger partial charge in [0.1, 0.15) is 16.3 Å². The summed E-state index contributed by atoms with van der Waals surface area (Å²) in [5, 5.41) is 9.18. The first-order valence-corrected chi connectivity index (χ1v) is 6.85. The van der Waals surface area contributed by atoms with Gasteiger partial charge in [-0.25, -0.2) is 9.78 Å². The van der Waals surface area contributed by atoms with Gasteiger partial charge in [-0.3, -0.25) is 4.79 Å². The van der Waals surface area contributed by atoms with Crippen molar-refractivity contribution in [3.05, 3.63) is 28.0 Å². The van der Waals surface area contributed by atoms with Crippen molar-refractivity contribution < 1.29 is 14.7 Å². The predicted molar refractivity (Wildman–Crippen MR) is 69.2 cm³/mol. The van der Waals surface area contributed by atoms with Gasteiger partial charge in [0.2, 0.25) is 0 Å². The highest BCUT2D eigenvalue weighted by Crippen LogP contribution is 2.26. The van der Waals surface area contributed by atoms with E-state index in [1.54, 1.807) is 0 Å². The van der Waals surface area contributed by atoms with Crippen LogP contribution in [0.1, 0.15) is 10.4 Å². The highest BCUT2D eigenvalue weighted by Gasteiger charge is 2.35. The molecule has 1 atom stereocenters. The zero-order valence-corrected chi connectivity index (χ0v) is 11.3. The number of amides is 1. The van der Waals surface area contributed by atoms with Crippen LogP contribution < -0.4 is 0 Å². The predicted octanol–water partition coefficient (Wildman–Crippen LogP) is 1.99. The second-order valence-corrected chi connectivity index (χ2v) is 5.35. The van der Waals surface area contributed by atoms with Crippen molar-refractivity contribution in [3.8, 4) is 0 Å². The fourth-order valence-corrected chi connectivity index (χ4v) is 3.14. The lowest BCUT2D eigenvalue weighted by molar-refractivity contribution is -0.140. The first kappa shape index (κ1) is 13.5. The molecule has 0 saturated carbocycles. The first-order valence-electron chi connectivity index (χ1n) is 4.94. The van der Waals surface area contributed by atoms with Crippen LogP contribution in [0.25, 0.3) is 0 Å². The molecular formula is C10H8Cl2N2O3S. The van der Waals surface area contributed by atoms with Crippen molar-refractivity contribution in [1.29, 1.82) is 0 Å². The van der Waals surface area contributed by atoms with E-state index in [-0.39, 0.29) is 15.9 Å². The molecule has 0 aliphatic carbocycles. The van der Waals surface area contributed by atoms with Gasteiger partial charge in [-0.15, -0.1) is 11.8 Å². The van der Waals surface area contributed by atoms with Crippen molar-refractivity contribution in [2.45, 2.75) is 6.04 Å². The van der Waals surface area contributed by atoms with Crippen LogP contribution in [0.2, 0.25) is 10.3 Å². The summed E-state index contributed by atoms with van der Waals surface area (Å²) in [6.07, 6.45) is 0. The number of carbonyl (C=O) groups excluding carboxylic acids is 1. The minimum absolute atomic E-state index is 0.0199. The quantitative estimate of drug-likeness (QED) is 0.846. The van der Waals surface area contributed by atoms with Gasteiger partial charge in [0.25, 0.3) is 5.91 Å². The Bertz CT molecular complexity index is 512. The van der Waals surface area contributed by atoms with Gasteiger partial charge in [-0.1, -0.05) is 23.2 Å². The van der Waals surface area contributed by atoms with Crippen molar-refractivity contribution in [3.63, 3.8) is 0 Å². The number of halogens is 2. The molecule has 1 amide bonds. The van der Waals surface area contributed by atoms with Crippen LogP contribution >= 0.6 is 35.0 Å². The third-order valence-electron chi connectivity index (χ3n) is 2.47. The molecule has 0 bridgehead atoms. The Balaban J connectivity index is 2.28. The Morgan fingerprint density at radius 2 is 2.17 bits per heavy atom. The van der Waals surface area contributed by atoms with Crippen LogP contribution in [-0.4, -0.2) is 44.5 Å². The molecule has 2 heterocycles. The summed E-state index contributed by atoms with van der Waals surface area (Å²) in [6.45, 7) is 0. The van der Waals surface area contributed by atoms with Crippen molar-refractivity contribution in [1.82, 2.24) is 9.88 Å². The Hall–Kier alpha value is -0.980. The van der Waals surface area contributed by atoms with Crippen LogP contribution in [0.15, 0.2) is 12.1 Å². The Morgan fingerprint density at radius 1 is 1.44 bits per heavy atom. The molecule has 1 saturated heterocycles. The van der Waals surface area contributed by atoms with E-state index in [4.69, 9.17) is 28.3 Å². The minimum atomic E-state index is -1.02. The van der Waals surface area contributed by atoms with Gasteiger partial charge in [-0.2, -0.15) is 0 Å². The van der Waals surface area contributed by atoms with E-state index in [9.17, 15) is 9.59 Å². The first-order chi connectivity index (χ1) is 8.50. The maximum Gasteiger partial charge on any atom is 0.327 e. The highest BCUT2D eigenvalue weighted by molar-refractivity contribution is 7.99. The minimum Gasteiger partial charge on any atom is -0.480 e. The molecule has 5 nitrogen and oxygen atoms in total. The molecule has 0 radical (unpaired) electrons. The number of carbonyl (C=O) groups is 2. The zero-order chi connectivity index (χ0) is 13.3. The van der Waals surface area contributed by atoms with Crippen molar-refractivity contribution in [2.75, 3.05) is 11.6 Å². The van der Waals surface area contributed by atoms with E-state index in [1.807, 2.05) is 0 Å². The molecule has 1 aromatic rings. The monoisotopic (exact) mass is 306 g/mol. The molecule has 1 unspecified atom stereocenters. The van der Waals surface area contributed by atoms with Gasteiger partial charge in [0, 0.05) is 5.75 Å². The maximum atomic E-state index is 12.2. The molecule has 1 aliphatic rings. The summed E-state index contributed by atoms with van der Waals surface area (Å²) in [6, 6.07) is 2.07. The summed E-state index contributed by atoms with van der Waals surface area (Å²) >= 11 is 12.9. The van der Waals surface area contributed by atoms with Crippen molar-refractivity contribution in [2.24, 2.45) is 0 Å². The average Bonchev–Trinajstić information content (AvgIpc) is 2.77. The normalized spacial score (nSPS) is 19.0. The summed E-state index contributed by atoms with van der Waals surface area (Å²) < 4.78 is 0. The SMILES string of the molecule is O=C(O)C1CSCN1C(=O)c1ccc(Cl)nc1Cl. The number of rotatable bonds is 2. The molecule has 0 spiro atoms. The second kappa shape index (κ2) is 5.34. The number of nitrogens with zero attached hydrogens (tertiary/aromatic N) is 2. The topological polar surface area (TPSA) is 70.5 Å². The van der Waals surface area contributed by atoms with E-state index >= 15 is 0 Å². The Kier molecular flexibility index (Phi) is 3.99. The van der Waals surface area contributed by atoms with E-state index in [1.165, 1.54) is 28.8 Å². The lowest BCUT2D eigenvalue weighted by Gasteiger charge is -2.20. The lowest BCUT2D eigenvalue weighted by Crippen LogP contribution is -2.41. The van der Waals surface area contributed by atoms with E-state index in [0.29, 0.717) is 11.6 Å². The van der Waals surface area contributed by atoms with E-state index in [2.05, 4.69) is 4.98 Å². The molecule has 1 N–H and O–H groups in total. The Labute approximate surface area is 117 Å². The standard InChI is InChI=1S/C10H8Cl2N2O3S/c11-7-2-1-5(8(12)13-7)9(15)14-4-18-3-6(14)10(16)17/h1-2,6H,3-4H2,(H,16,17). The van der Waals surface area contributed by atoms with Gasteiger partial charge >= 0.3 is 5.97 Å². The van der Waals surface area contributed by atoms with Gasteiger partial charge in [0.05, 0.1) is 11.4 Å². The maximum absolute atomic E-state index is 12.2. The molecule has 2 rings (SSSR count). The number of hydrogen-bond donors (Lipinski definition) is 1. The van der Waals surface area contributed by atoms with Crippen LogP contribution in [0.4, 0.5) is 0 Å². The van der Waals surface area contributed by atoms with Crippen LogP contribution in [-0.2, 0) is 4.79 Å². The molecule has 1 aliphatic heterocycles. The molecule has 8 heteroatoms. The third kappa shape index (κ3) is 2.55. The summed E-state index contributed by atoms with van der Waals surface area (Å²) in [5.74, 6) is -0.762. The fraction of sp³-hybridized carbons (Fsp3) is 0.300. The lowest BCUT2D eigenvalue weighted by atomic mass is 10.2. The number of aromatic nitrogens is 1. The molecule has 1 fully saturated rings. The van der Waals surface area contributed by atoms with Gasteiger partial charge < -0.3 is 10.0 Å². The number of carboxylic acids is 1. The summed E-state index contributed by atoms with van der Waals surface area (Å²) in [4.78, 5) is 28.2. The van der Waals surface area contributed by atoms with E-state index < -0.39 is 17.9 Å². The molecular weight excluding hydrogens is 299 g/mol. The molecule has 96 valence electrons. The smallest absolute Gasteiger partial charge is 0.327 e. The third-order valence-corrected chi connectivity index (χ3v) is 3.98. The average molecular weight is 307 g/mol. The zero-order valence-electron chi connectivity index (χ0n) is 8.97. The van der Waals surface area contributed by atoms with Crippen molar-refractivity contribution >= 4 is 46.8 Å². The van der Waals surface area contributed by atoms with Gasteiger partial charge in [-0.05, 0) is 12.1 Å². The number of aliphatic carboxylic acids is 1. The number of hydrogen-bond acceptors (Lipinski definition) is 4. The van der Waals surface area contributed by atoms with Crippen LogP contribution in [0, 0.1) is 0 Å². The van der Waals surface area contributed by atoms with Gasteiger partial charge in [0.15, 0.2) is 0 Å². The fourth-order valence-electron chi connectivity index (χ4n) is 1.57. The van der Waals surface area contributed by atoms with Crippen LogP contribution in [0.5, 0.6) is 0 Å². The number of pyridine rings is 1. The molecule has 0 aromatic carbocycles. The summed E-state index contributed by atoms with van der Waals surface area (Å²) in [7, 11) is 0.